The van der Waals surface area contributed by atoms with Crippen molar-refractivity contribution in [3.05, 3.63) is 53.6 Å². The van der Waals surface area contributed by atoms with E-state index < -0.39 is 6.61 Å². The molecule has 2 aromatic carbocycles. The molecule has 6 nitrogen and oxygen atoms in total. The lowest BCUT2D eigenvalue weighted by atomic mass is 10.2. The van der Waals surface area contributed by atoms with Gasteiger partial charge in [-0.1, -0.05) is 35.5 Å². The summed E-state index contributed by atoms with van der Waals surface area (Å²) in [5.74, 6) is 0.454. The van der Waals surface area contributed by atoms with Gasteiger partial charge in [0.05, 0.1) is 10.8 Å². The highest BCUT2D eigenvalue weighted by molar-refractivity contribution is 7.99. The number of amides is 1. The second kappa shape index (κ2) is 9.03. The average Bonchev–Trinajstić information content (AvgIpc) is 3.02. The van der Waals surface area contributed by atoms with Crippen LogP contribution in [0, 0.1) is 0 Å². The van der Waals surface area contributed by atoms with Crippen molar-refractivity contribution < 1.29 is 18.3 Å². The zero-order chi connectivity index (χ0) is 20.1. The van der Waals surface area contributed by atoms with Crippen molar-refractivity contribution in [1.82, 2.24) is 14.8 Å². The van der Waals surface area contributed by atoms with Crippen LogP contribution in [0.15, 0.2) is 53.7 Å². The Hall–Kier alpha value is -2.65. The highest BCUT2D eigenvalue weighted by atomic mass is 35.5. The van der Waals surface area contributed by atoms with E-state index in [-0.39, 0.29) is 17.4 Å². The molecule has 0 aliphatic rings. The van der Waals surface area contributed by atoms with E-state index in [2.05, 4.69) is 20.3 Å². The third-order valence-electron chi connectivity index (χ3n) is 3.65. The van der Waals surface area contributed by atoms with Crippen molar-refractivity contribution in [1.29, 1.82) is 0 Å². The fourth-order valence-corrected chi connectivity index (χ4v) is 3.30. The summed E-state index contributed by atoms with van der Waals surface area (Å²) in [5, 5.41) is 12.0. The van der Waals surface area contributed by atoms with Crippen LogP contribution < -0.4 is 10.1 Å². The van der Waals surface area contributed by atoms with Gasteiger partial charge in [-0.05, 0) is 36.4 Å². The summed E-state index contributed by atoms with van der Waals surface area (Å²) in [7, 11) is 1.79. The van der Waals surface area contributed by atoms with Crippen LogP contribution >= 0.6 is 23.4 Å². The molecule has 0 saturated heterocycles. The number of nitrogens with zero attached hydrogens (tertiary/aromatic N) is 3. The number of anilines is 1. The van der Waals surface area contributed by atoms with Crippen LogP contribution in [0.4, 0.5) is 14.5 Å². The van der Waals surface area contributed by atoms with Crippen LogP contribution in [0.5, 0.6) is 5.75 Å². The zero-order valence-corrected chi connectivity index (χ0v) is 16.2. The Morgan fingerprint density at radius 2 is 1.93 bits per heavy atom. The second-order valence-electron chi connectivity index (χ2n) is 5.58. The Balaban J connectivity index is 1.59. The van der Waals surface area contributed by atoms with Gasteiger partial charge in [-0.15, -0.1) is 10.2 Å². The van der Waals surface area contributed by atoms with E-state index in [9.17, 15) is 13.6 Å². The monoisotopic (exact) mass is 424 g/mol. The molecule has 1 N–H and O–H groups in total. The number of hydrogen-bond acceptors (Lipinski definition) is 5. The number of rotatable bonds is 7. The zero-order valence-electron chi connectivity index (χ0n) is 14.6. The lowest BCUT2D eigenvalue weighted by Crippen LogP contribution is -2.14. The Labute approximate surface area is 168 Å². The van der Waals surface area contributed by atoms with E-state index in [1.807, 2.05) is 18.2 Å². The number of nitrogens with one attached hydrogen (secondary N) is 1. The topological polar surface area (TPSA) is 69.0 Å². The smallest absolute Gasteiger partial charge is 0.387 e. The number of benzene rings is 2. The third kappa shape index (κ3) is 4.99. The van der Waals surface area contributed by atoms with Gasteiger partial charge in [0.1, 0.15) is 5.75 Å². The van der Waals surface area contributed by atoms with Crippen LogP contribution in [0.2, 0.25) is 5.02 Å². The first-order valence-electron chi connectivity index (χ1n) is 8.06. The molecule has 10 heteroatoms. The van der Waals surface area contributed by atoms with Gasteiger partial charge in [0, 0.05) is 18.3 Å². The molecule has 1 aromatic heterocycles. The van der Waals surface area contributed by atoms with Crippen molar-refractivity contribution >= 4 is 35.0 Å². The molecule has 3 rings (SSSR count). The van der Waals surface area contributed by atoms with Gasteiger partial charge in [-0.3, -0.25) is 4.79 Å². The molecule has 146 valence electrons. The maximum absolute atomic E-state index is 12.1. The molecule has 1 amide bonds. The number of carbonyl (C=O) groups is 1. The van der Waals surface area contributed by atoms with Crippen molar-refractivity contribution in [2.45, 2.75) is 11.8 Å². The predicted octanol–water partition coefficient (Wildman–Crippen LogP) is 4.47. The van der Waals surface area contributed by atoms with E-state index in [4.69, 9.17) is 11.6 Å². The molecule has 3 aromatic rings. The summed E-state index contributed by atoms with van der Waals surface area (Å²) in [4.78, 5) is 12.1. The lowest BCUT2D eigenvalue weighted by Gasteiger charge is -2.08. The van der Waals surface area contributed by atoms with Gasteiger partial charge in [-0.25, -0.2) is 0 Å². The Morgan fingerprint density at radius 3 is 2.61 bits per heavy atom. The number of hydrogen-bond donors (Lipinski definition) is 1. The number of alkyl halides is 2. The molecule has 28 heavy (non-hydrogen) atoms. The maximum atomic E-state index is 12.1. The largest absolute Gasteiger partial charge is 0.435 e. The molecule has 0 radical (unpaired) electrons. The first-order chi connectivity index (χ1) is 13.4. The van der Waals surface area contributed by atoms with Gasteiger partial charge in [0.15, 0.2) is 11.0 Å². The Morgan fingerprint density at radius 1 is 1.21 bits per heavy atom. The van der Waals surface area contributed by atoms with Gasteiger partial charge in [-0.2, -0.15) is 8.78 Å². The van der Waals surface area contributed by atoms with Crippen LogP contribution in [-0.2, 0) is 11.8 Å². The average molecular weight is 425 g/mol. The quantitative estimate of drug-likeness (QED) is 0.567. The summed E-state index contributed by atoms with van der Waals surface area (Å²) in [6.07, 6.45) is 0. The first kappa shape index (κ1) is 20.1. The molecule has 0 fully saturated rings. The summed E-state index contributed by atoms with van der Waals surface area (Å²) in [5.41, 5.74) is 1.23. The molecule has 0 bridgehead atoms. The molecule has 0 aliphatic heterocycles. The van der Waals surface area contributed by atoms with Gasteiger partial charge in [0.25, 0.3) is 0 Å². The highest BCUT2D eigenvalue weighted by Crippen LogP contribution is 2.28. The maximum Gasteiger partial charge on any atom is 0.387 e. The standard InChI is InChI=1S/C18H15ClF2N4O2S/c1-25-16(13-4-2-3-5-14(13)19)23-24-18(25)28-10-15(26)22-11-6-8-12(9-7-11)27-17(20)21/h2-9,17H,10H2,1H3,(H,22,26). The Kier molecular flexibility index (Phi) is 6.48. The van der Waals surface area contributed by atoms with Crippen LogP contribution in [0.25, 0.3) is 11.4 Å². The fraction of sp³-hybridized carbons (Fsp3) is 0.167. The molecular formula is C18H15ClF2N4O2S. The Bertz CT molecular complexity index is 966. The van der Waals surface area contributed by atoms with Crippen molar-refractivity contribution in [2.75, 3.05) is 11.1 Å². The third-order valence-corrected chi connectivity index (χ3v) is 5.00. The molecule has 0 unspecified atom stereocenters. The summed E-state index contributed by atoms with van der Waals surface area (Å²) < 4.78 is 30.3. The number of ether oxygens (including phenoxy) is 1. The second-order valence-corrected chi connectivity index (χ2v) is 6.93. The van der Waals surface area contributed by atoms with Crippen LogP contribution in [0.3, 0.4) is 0 Å². The van der Waals surface area contributed by atoms with Gasteiger partial charge in [0.2, 0.25) is 5.91 Å². The minimum atomic E-state index is -2.89. The summed E-state index contributed by atoms with van der Waals surface area (Å²) >= 11 is 7.41. The number of thioether (sulfide) groups is 1. The SMILES string of the molecule is Cn1c(SCC(=O)Nc2ccc(OC(F)F)cc2)nnc1-c1ccccc1Cl. The van der Waals surface area contributed by atoms with E-state index in [0.29, 0.717) is 21.7 Å². The predicted molar refractivity (Wildman–Crippen MR) is 104 cm³/mol. The number of halogens is 3. The molecule has 0 atom stereocenters. The minimum Gasteiger partial charge on any atom is -0.435 e. The van der Waals surface area contributed by atoms with Crippen LogP contribution in [-0.4, -0.2) is 33.0 Å². The molecular weight excluding hydrogens is 410 g/mol. The normalized spacial score (nSPS) is 10.9. The molecule has 0 spiro atoms. The van der Waals surface area contributed by atoms with Crippen molar-refractivity contribution in [2.24, 2.45) is 7.05 Å². The van der Waals surface area contributed by atoms with E-state index >= 15 is 0 Å². The highest BCUT2D eigenvalue weighted by Gasteiger charge is 2.15. The fourth-order valence-electron chi connectivity index (χ4n) is 2.36. The van der Waals surface area contributed by atoms with Crippen molar-refractivity contribution in [3.8, 4) is 17.1 Å². The number of aromatic nitrogens is 3. The van der Waals surface area contributed by atoms with Crippen molar-refractivity contribution in [3.63, 3.8) is 0 Å². The van der Waals surface area contributed by atoms with E-state index in [0.717, 1.165) is 5.56 Å². The first-order valence-corrected chi connectivity index (χ1v) is 9.42. The lowest BCUT2D eigenvalue weighted by molar-refractivity contribution is -0.113. The number of carbonyl (C=O) groups excluding carboxylic acids is 1. The molecule has 1 heterocycles. The molecule has 0 saturated carbocycles. The minimum absolute atomic E-state index is 0.0218. The van der Waals surface area contributed by atoms with E-state index in [1.54, 1.807) is 17.7 Å². The van der Waals surface area contributed by atoms with Gasteiger partial charge < -0.3 is 14.6 Å². The summed E-state index contributed by atoms with van der Waals surface area (Å²) in [6, 6.07) is 13.0. The summed E-state index contributed by atoms with van der Waals surface area (Å²) in [6.45, 7) is -2.89. The van der Waals surface area contributed by atoms with E-state index in [1.165, 1.54) is 36.0 Å². The van der Waals surface area contributed by atoms with Gasteiger partial charge >= 0.3 is 6.61 Å². The molecule has 0 aliphatic carbocycles. The van der Waals surface area contributed by atoms with Crippen LogP contribution in [0.1, 0.15) is 0 Å².